The van der Waals surface area contributed by atoms with Gasteiger partial charge in [0.2, 0.25) is 17.7 Å². The summed E-state index contributed by atoms with van der Waals surface area (Å²) < 4.78 is 0. The van der Waals surface area contributed by atoms with E-state index in [1.165, 1.54) is 16.2 Å². The molecule has 158 valence electrons. The summed E-state index contributed by atoms with van der Waals surface area (Å²) in [7, 11) is 0. The van der Waals surface area contributed by atoms with E-state index in [2.05, 4.69) is 55.2 Å². The van der Waals surface area contributed by atoms with Crippen LogP contribution in [0.25, 0.3) is 0 Å². The number of anilines is 1. The number of piperazine rings is 1. The summed E-state index contributed by atoms with van der Waals surface area (Å²) in [5.74, 6) is -0.0227. The molecule has 2 saturated heterocycles. The molecular formula is C24H29N3O3. The van der Waals surface area contributed by atoms with Crippen molar-refractivity contribution in [2.45, 2.75) is 32.7 Å². The fourth-order valence-electron chi connectivity index (χ4n) is 5.92. The molecule has 2 aliphatic heterocycles. The zero-order valence-electron chi connectivity index (χ0n) is 17.7. The maximum atomic E-state index is 12.8. The van der Waals surface area contributed by atoms with E-state index >= 15 is 0 Å². The lowest BCUT2D eigenvalue weighted by atomic mass is 9.85. The Kier molecular flexibility index (Phi) is 4.68. The van der Waals surface area contributed by atoms with Gasteiger partial charge in [-0.2, -0.15) is 0 Å². The lowest BCUT2D eigenvalue weighted by Gasteiger charge is -2.41. The quantitative estimate of drug-likeness (QED) is 0.567. The van der Waals surface area contributed by atoms with Crippen LogP contribution in [0.3, 0.4) is 0 Å². The van der Waals surface area contributed by atoms with Crippen LogP contribution >= 0.6 is 0 Å². The fourth-order valence-corrected chi connectivity index (χ4v) is 5.92. The van der Waals surface area contributed by atoms with Gasteiger partial charge in [-0.3, -0.25) is 19.3 Å². The van der Waals surface area contributed by atoms with Gasteiger partial charge in [0, 0.05) is 44.3 Å². The van der Waals surface area contributed by atoms with E-state index < -0.39 is 0 Å². The first-order valence-electron chi connectivity index (χ1n) is 11.1. The van der Waals surface area contributed by atoms with Crippen molar-refractivity contribution < 1.29 is 14.4 Å². The normalized spacial score (nSPS) is 32.3. The number of hydrogen-bond donors (Lipinski definition) is 0. The van der Waals surface area contributed by atoms with Crippen molar-refractivity contribution in [3.63, 3.8) is 0 Å². The highest BCUT2D eigenvalue weighted by Crippen LogP contribution is 2.52. The molecule has 1 saturated carbocycles. The summed E-state index contributed by atoms with van der Waals surface area (Å²) in [5.41, 5.74) is 2.42. The second-order valence-electron chi connectivity index (χ2n) is 9.30. The Labute approximate surface area is 177 Å². The average molecular weight is 408 g/mol. The summed E-state index contributed by atoms with van der Waals surface area (Å²) in [6, 6.07) is 8.67. The SMILES string of the molecule is Cc1cccc(N2CCN(C(=O)CCN3C(=O)[C@@H]4[C@H](C3=O)[C@H]3C=C[C@H]4C3)C[C@H]2C)c1. The van der Waals surface area contributed by atoms with E-state index in [-0.39, 0.29) is 60.4 Å². The van der Waals surface area contributed by atoms with Gasteiger partial charge in [-0.05, 0) is 49.8 Å². The number of aryl methyl sites for hydroxylation is 1. The second-order valence-corrected chi connectivity index (χ2v) is 9.30. The zero-order valence-corrected chi connectivity index (χ0v) is 17.7. The van der Waals surface area contributed by atoms with Crippen molar-refractivity contribution in [2.24, 2.45) is 23.7 Å². The van der Waals surface area contributed by atoms with E-state index in [0.717, 1.165) is 13.0 Å². The Hall–Kier alpha value is -2.63. The fraction of sp³-hybridized carbons (Fsp3) is 0.542. The van der Waals surface area contributed by atoms with E-state index in [0.29, 0.717) is 13.1 Å². The number of benzene rings is 1. The van der Waals surface area contributed by atoms with Crippen molar-refractivity contribution in [1.82, 2.24) is 9.80 Å². The van der Waals surface area contributed by atoms with Crippen LogP contribution in [0, 0.1) is 30.6 Å². The maximum absolute atomic E-state index is 12.8. The molecule has 5 rings (SSSR count). The third-order valence-corrected chi connectivity index (χ3v) is 7.42. The van der Waals surface area contributed by atoms with Crippen molar-refractivity contribution in [2.75, 3.05) is 31.1 Å². The van der Waals surface area contributed by atoms with Crippen LogP contribution in [-0.4, -0.2) is 59.7 Å². The minimum atomic E-state index is -0.180. The number of allylic oxidation sites excluding steroid dienone is 2. The lowest BCUT2D eigenvalue weighted by molar-refractivity contribution is -0.141. The molecule has 5 atom stereocenters. The van der Waals surface area contributed by atoms with Crippen LogP contribution in [0.15, 0.2) is 36.4 Å². The van der Waals surface area contributed by atoms with Crippen LogP contribution in [0.2, 0.25) is 0 Å². The molecule has 2 aliphatic carbocycles. The Morgan fingerprint density at radius 2 is 1.77 bits per heavy atom. The largest absolute Gasteiger partial charge is 0.365 e. The molecule has 2 heterocycles. The molecule has 0 unspecified atom stereocenters. The highest BCUT2D eigenvalue weighted by Gasteiger charge is 2.59. The van der Waals surface area contributed by atoms with Gasteiger partial charge < -0.3 is 9.80 Å². The summed E-state index contributed by atoms with van der Waals surface area (Å²) in [6.45, 7) is 6.56. The van der Waals surface area contributed by atoms with Gasteiger partial charge in [-0.15, -0.1) is 0 Å². The smallest absolute Gasteiger partial charge is 0.233 e. The number of imide groups is 1. The van der Waals surface area contributed by atoms with Gasteiger partial charge in [-0.1, -0.05) is 24.3 Å². The number of fused-ring (bicyclic) bond motifs is 5. The van der Waals surface area contributed by atoms with Gasteiger partial charge in [0.1, 0.15) is 0 Å². The summed E-state index contributed by atoms with van der Waals surface area (Å²) >= 11 is 0. The van der Waals surface area contributed by atoms with Gasteiger partial charge in [0.15, 0.2) is 0 Å². The van der Waals surface area contributed by atoms with Gasteiger partial charge in [0.05, 0.1) is 11.8 Å². The van der Waals surface area contributed by atoms with E-state index in [4.69, 9.17) is 0 Å². The highest BCUT2D eigenvalue weighted by atomic mass is 16.2. The summed E-state index contributed by atoms with van der Waals surface area (Å²) in [6.07, 6.45) is 5.35. The Balaban J connectivity index is 1.17. The Bertz CT molecular complexity index is 896. The average Bonchev–Trinajstić information content (AvgIpc) is 3.40. The lowest BCUT2D eigenvalue weighted by Crippen LogP contribution is -2.54. The minimum Gasteiger partial charge on any atom is -0.365 e. The number of likely N-dealkylation sites (tertiary alicyclic amines) is 1. The van der Waals surface area contributed by atoms with Gasteiger partial charge in [-0.25, -0.2) is 0 Å². The number of nitrogens with zero attached hydrogens (tertiary/aromatic N) is 3. The predicted molar refractivity (Wildman–Crippen MR) is 114 cm³/mol. The first-order chi connectivity index (χ1) is 14.4. The molecule has 2 bridgehead atoms. The third-order valence-electron chi connectivity index (χ3n) is 7.42. The molecule has 0 N–H and O–H groups in total. The topological polar surface area (TPSA) is 60.9 Å². The van der Waals surface area contributed by atoms with Crippen LogP contribution in [-0.2, 0) is 14.4 Å². The molecule has 3 fully saturated rings. The second kappa shape index (κ2) is 7.25. The predicted octanol–water partition coefficient (Wildman–Crippen LogP) is 2.23. The molecule has 0 spiro atoms. The van der Waals surface area contributed by atoms with E-state index in [1.54, 1.807) is 0 Å². The number of carbonyl (C=O) groups excluding carboxylic acids is 3. The minimum absolute atomic E-state index is 0.0319. The number of carbonyl (C=O) groups is 3. The van der Waals surface area contributed by atoms with Crippen LogP contribution < -0.4 is 4.90 Å². The molecule has 4 aliphatic rings. The van der Waals surface area contributed by atoms with Gasteiger partial charge >= 0.3 is 0 Å². The standard InChI is InChI=1S/C24H29N3O3/c1-15-4-3-5-19(12-15)26-11-10-25(14-16(26)2)20(28)8-9-27-23(29)21-17-6-7-18(13-17)22(21)24(27)30/h3-7,12,16-18,21-22H,8-11,13-14H2,1-2H3/t16-,17+,18+,21-,22+/m1/s1. The third kappa shape index (κ3) is 3.04. The Morgan fingerprint density at radius 3 is 2.40 bits per heavy atom. The molecule has 0 aromatic heterocycles. The van der Waals surface area contributed by atoms with Gasteiger partial charge in [0.25, 0.3) is 0 Å². The van der Waals surface area contributed by atoms with Crippen molar-refractivity contribution in [1.29, 1.82) is 0 Å². The zero-order chi connectivity index (χ0) is 21.0. The summed E-state index contributed by atoms with van der Waals surface area (Å²) in [4.78, 5) is 44.0. The molecule has 1 aromatic carbocycles. The van der Waals surface area contributed by atoms with Crippen molar-refractivity contribution >= 4 is 23.4 Å². The molecule has 0 radical (unpaired) electrons. The highest BCUT2D eigenvalue weighted by molar-refractivity contribution is 6.06. The monoisotopic (exact) mass is 407 g/mol. The maximum Gasteiger partial charge on any atom is 0.233 e. The van der Waals surface area contributed by atoms with Crippen molar-refractivity contribution in [3.05, 3.63) is 42.0 Å². The van der Waals surface area contributed by atoms with Crippen LogP contribution in [0.5, 0.6) is 0 Å². The number of hydrogen-bond acceptors (Lipinski definition) is 4. The summed E-state index contributed by atoms with van der Waals surface area (Å²) in [5, 5.41) is 0. The van der Waals surface area contributed by atoms with E-state index in [1.807, 2.05) is 4.90 Å². The molecule has 30 heavy (non-hydrogen) atoms. The molecule has 3 amide bonds. The molecular weight excluding hydrogens is 378 g/mol. The molecule has 1 aromatic rings. The first-order valence-corrected chi connectivity index (χ1v) is 11.1. The van der Waals surface area contributed by atoms with E-state index in [9.17, 15) is 14.4 Å². The number of rotatable bonds is 4. The van der Waals surface area contributed by atoms with Crippen LogP contribution in [0.1, 0.15) is 25.3 Å². The molecule has 6 nitrogen and oxygen atoms in total. The number of amides is 3. The molecule has 6 heteroatoms. The van der Waals surface area contributed by atoms with Crippen molar-refractivity contribution in [3.8, 4) is 0 Å². The van der Waals surface area contributed by atoms with Crippen LogP contribution in [0.4, 0.5) is 5.69 Å². The first kappa shape index (κ1) is 19.3. The Morgan fingerprint density at radius 1 is 1.07 bits per heavy atom.